The van der Waals surface area contributed by atoms with Crippen LogP contribution in [0.1, 0.15) is 96.8 Å². The van der Waals surface area contributed by atoms with Gasteiger partial charge in [-0.3, -0.25) is 0 Å². The van der Waals surface area contributed by atoms with Gasteiger partial charge in [0.05, 0.1) is 0 Å². The monoisotopic (exact) mass is 321 g/mol. The van der Waals surface area contributed by atoms with E-state index in [-0.39, 0.29) is 6.42 Å². The molecule has 0 saturated carbocycles. The predicted molar refractivity (Wildman–Crippen MR) is 86.0 cm³/mol. The summed E-state index contributed by atoms with van der Waals surface area (Å²) in [5, 5.41) is 9.06. The summed E-state index contributed by atoms with van der Waals surface area (Å²) >= 11 is 0. The molecule has 0 saturated heterocycles. The van der Waals surface area contributed by atoms with Crippen LogP contribution in [0.4, 0.5) is 0 Å². The molecule has 1 unspecified atom stereocenters. The third kappa shape index (κ3) is 14.6. The zero-order valence-corrected chi connectivity index (χ0v) is 14.4. The normalized spacial score (nSPS) is 13.5. The third-order valence-electron chi connectivity index (χ3n) is 3.89. The molecule has 128 valence electrons. The van der Waals surface area contributed by atoms with Gasteiger partial charge >= 0.3 is 0 Å². The Morgan fingerprint density at radius 3 is 1.43 bits per heavy atom. The van der Waals surface area contributed by atoms with Crippen molar-refractivity contribution in [1.29, 1.82) is 0 Å². The zero-order valence-electron chi connectivity index (χ0n) is 13.6. The molecule has 5 heteroatoms. The summed E-state index contributed by atoms with van der Waals surface area (Å²) in [6, 6.07) is 0. The second-order valence-electron chi connectivity index (χ2n) is 5.98. The fourth-order valence-corrected chi connectivity index (χ4v) is 2.94. The largest absolute Gasteiger partial charge is 0.746 e. The first kappa shape index (κ1) is 20.9. The number of aliphatic hydroxyl groups excluding tert-OH is 1. The van der Waals surface area contributed by atoms with Gasteiger partial charge in [-0.1, -0.05) is 84.0 Å². The second kappa shape index (κ2) is 13.5. The van der Waals surface area contributed by atoms with Gasteiger partial charge in [0.15, 0.2) is 0 Å². The summed E-state index contributed by atoms with van der Waals surface area (Å²) < 4.78 is 31.4. The van der Waals surface area contributed by atoms with Crippen LogP contribution in [-0.4, -0.2) is 23.5 Å². The molecule has 0 rings (SSSR count). The standard InChI is InChI=1S/C16H34O4S/c1-2-3-4-5-6-7-8-9-10-11-12-13-14-15-16(17)21(18,19)20/h16-17H,2-15H2,1H3,(H,18,19,20)/p-1. The lowest BCUT2D eigenvalue weighted by molar-refractivity contribution is 0.217. The number of hydrogen-bond acceptors (Lipinski definition) is 4. The lowest BCUT2D eigenvalue weighted by Gasteiger charge is -2.14. The van der Waals surface area contributed by atoms with Gasteiger partial charge in [-0.25, -0.2) is 8.42 Å². The van der Waals surface area contributed by atoms with Crippen LogP contribution < -0.4 is 0 Å². The molecule has 21 heavy (non-hydrogen) atoms. The fraction of sp³-hybridized carbons (Fsp3) is 1.00. The summed E-state index contributed by atoms with van der Waals surface area (Å²) in [6.07, 6.45) is 15.8. The summed E-state index contributed by atoms with van der Waals surface area (Å²) in [6.45, 7) is 2.24. The minimum absolute atomic E-state index is 0.0730. The Morgan fingerprint density at radius 2 is 1.10 bits per heavy atom. The molecule has 0 heterocycles. The lowest BCUT2D eigenvalue weighted by Crippen LogP contribution is -2.19. The van der Waals surface area contributed by atoms with E-state index < -0.39 is 15.6 Å². The molecular formula is C16H33O4S-. The maximum absolute atomic E-state index is 10.5. The lowest BCUT2D eigenvalue weighted by atomic mass is 10.0. The summed E-state index contributed by atoms with van der Waals surface area (Å²) in [5.41, 5.74) is -1.72. The van der Waals surface area contributed by atoms with Crippen molar-refractivity contribution in [2.24, 2.45) is 0 Å². The van der Waals surface area contributed by atoms with Gasteiger partial charge in [0.1, 0.15) is 15.6 Å². The molecular weight excluding hydrogens is 288 g/mol. The average molecular weight is 322 g/mol. The Kier molecular flexibility index (Phi) is 13.4. The van der Waals surface area contributed by atoms with Crippen molar-refractivity contribution < 1.29 is 18.1 Å². The van der Waals surface area contributed by atoms with Gasteiger partial charge in [-0.2, -0.15) is 0 Å². The van der Waals surface area contributed by atoms with E-state index in [2.05, 4.69) is 6.92 Å². The van der Waals surface area contributed by atoms with Crippen molar-refractivity contribution in [1.82, 2.24) is 0 Å². The molecule has 0 aromatic heterocycles. The summed E-state index contributed by atoms with van der Waals surface area (Å²) in [4.78, 5) is 0. The summed E-state index contributed by atoms with van der Waals surface area (Å²) in [7, 11) is -4.51. The highest BCUT2D eigenvalue weighted by atomic mass is 32.2. The van der Waals surface area contributed by atoms with Crippen LogP contribution in [0, 0.1) is 0 Å². The van der Waals surface area contributed by atoms with Gasteiger partial charge in [-0.15, -0.1) is 0 Å². The molecule has 1 atom stereocenters. The topological polar surface area (TPSA) is 77.4 Å². The summed E-state index contributed by atoms with van der Waals surface area (Å²) in [5.74, 6) is 0. The Balaban J connectivity index is 3.16. The molecule has 0 radical (unpaired) electrons. The fourth-order valence-electron chi connectivity index (χ4n) is 2.48. The molecule has 0 aliphatic heterocycles. The van der Waals surface area contributed by atoms with Crippen LogP contribution in [0.25, 0.3) is 0 Å². The number of hydrogen-bond donors (Lipinski definition) is 1. The van der Waals surface area contributed by atoms with Gasteiger partial charge in [-0.05, 0) is 12.8 Å². The van der Waals surface area contributed by atoms with E-state index in [1.807, 2.05) is 0 Å². The van der Waals surface area contributed by atoms with E-state index in [0.29, 0.717) is 6.42 Å². The maximum atomic E-state index is 10.5. The molecule has 0 aromatic carbocycles. The van der Waals surface area contributed by atoms with Crippen molar-refractivity contribution in [3.8, 4) is 0 Å². The highest BCUT2D eigenvalue weighted by Crippen LogP contribution is 2.14. The molecule has 0 spiro atoms. The maximum Gasteiger partial charge on any atom is 0.143 e. The molecule has 0 bridgehead atoms. The van der Waals surface area contributed by atoms with Crippen molar-refractivity contribution in [2.75, 3.05) is 0 Å². The Labute approximate surface area is 131 Å². The molecule has 0 aliphatic carbocycles. The molecule has 1 N–H and O–H groups in total. The van der Waals surface area contributed by atoms with Gasteiger partial charge in [0.2, 0.25) is 0 Å². The highest BCUT2D eigenvalue weighted by Gasteiger charge is 2.10. The highest BCUT2D eigenvalue weighted by molar-refractivity contribution is 7.86. The van der Waals surface area contributed by atoms with Gasteiger partial charge in [0, 0.05) is 0 Å². The molecule has 0 aromatic rings. The number of aliphatic hydroxyl groups is 1. The van der Waals surface area contributed by atoms with E-state index in [1.54, 1.807) is 0 Å². The number of rotatable bonds is 15. The molecule has 0 fully saturated rings. The van der Waals surface area contributed by atoms with Crippen LogP contribution in [0.15, 0.2) is 0 Å². The molecule has 0 amide bonds. The van der Waals surface area contributed by atoms with E-state index >= 15 is 0 Å². The van der Waals surface area contributed by atoms with Crippen LogP contribution in [0.2, 0.25) is 0 Å². The van der Waals surface area contributed by atoms with Crippen molar-refractivity contribution in [2.45, 2.75) is 102 Å². The Morgan fingerprint density at radius 1 is 0.762 bits per heavy atom. The van der Waals surface area contributed by atoms with E-state index in [0.717, 1.165) is 19.3 Å². The van der Waals surface area contributed by atoms with Crippen molar-refractivity contribution in [3.63, 3.8) is 0 Å². The van der Waals surface area contributed by atoms with Crippen LogP contribution in [-0.2, 0) is 10.1 Å². The van der Waals surface area contributed by atoms with Crippen molar-refractivity contribution in [3.05, 3.63) is 0 Å². The van der Waals surface area contributed by atoms with Gasteiger partial charge < -0.3 is 9.66 Å². The quantitative estimate of drug-likeness (QED) is 0.360. The number of unbranched alkanes of at least 4 members (excludes halogenated alkanes) is 12. The first-order chi connectivity index (χ1) is 9.98. The minimum Gasteiger partial charge on any atom is -0.746 e. The van der Waals surface area contributed by atoms with E-state index in [1.165, 1.54) is 57.8 Å². The second-order valence-corrected chi connectivity index (χ2v) is 7.51. The SMILES string of the molecule is CCCCCCCCCCCCCCCC(O)S(=O)(=O)[O-]. The van der Waals surface area contributed by atoms with Gasteiger partial charge in [0.25, 0.3) is 0 Å². The van der Waals surface area contributed by atoms with Crippen LogP contribution >= 0.6 is 0 Å². The smallest absolute Gasteiger partial charge is 0.143 e. The molecule has 4 nitrogen and oxygen atoms in total. The third-order valence-corrected chi connectivity index (χ3v) is 4.79. The average Bonchev–Trinajstić information content (AvgIpc) is 2.42. The van der Waals surface area contributed by atoms with Crippen molar-refractivity contribution >= 4 is 10.1 Å². The Hall–Kier alpha value is -0.130. The van der Waals surface area contributed by atoms with Crippen LogP contribution in [0.5, 0.6) is 0 Å². The first-order valence-electron chi connectivity index (χ1n) is 8.61. The first-order valence-corrected chi connectivity index (χ1v) is 10.1. The minimum atomic E-state index is -4.51. The zero-order chi connectivity index (χ0) is 16.0. The molecule has 0 aliphatic rings. The van der Waals surface area contributed by atoms with E-state index in [9.17, 15) is 13.0 Å². The predicted octanol–water partition coefficient (Wildman–Crippen LogP) is 4.33. The van der Waals surface area contributed by atoms with E-state index in [4.69, 9.17) is 5.11 Å². The Bertz CT molecular complexity index is 314. The van der Waals surface area contributed by atoms with Crippen LogP contribution in [0.3, 0.4) is 0 Å².